The van der Waals surface area contributed by atoms with Crippen molar-refractivity contribution in [2.75, 3.05) is 5.32 Å². The number of rotatable bonds is 3. The molecule has 98 valence electrons. The third-order valence-electron chi connectivity index (χ3n) is 2.81. The monoisotopic (exact) mass is 337 g/mol. The molecule has 2 rings (SSSR count). The normalized spacial score (nSPS) is 10.3. The lowest BCUT2D eigenvalue weighted by Crippen LogP contribution is -2.13. The first-order chi connectivity index (χ1) is 9.11. The van der Waals surface area contributed by atoms with Gasteiger partial charge in [0.15, 0.2) is 0 Å². The Morgan fingerprint density at radius 3 is 2.68 bits per heavy atom. The van der Waals surface area contributed by atoms with E-state index in [1.54, 1.807) is 24.3 Å². The summed E-state index contributed by atoms with van der Waals surface area (Å²) in [7, 11) is 0. The highest BCUT2D eigenvalue weighted by Crippen LogP contribution is 2.23. The lowest BCUT2D eigenvalue weighted by Gasteiger charge is -2.11. The maximum atomic E-state index is 12.2. The zero-order chi connectivity index (χ0) is 13.8. The molecule has 0 bridgehead atoms. The number of carbonyl (C=O) groups excluding carboxylic acids is 1. The number of anilines is 1. The Morgan fingerprint density at radius 2 is 2.00 bits per heavy atom. The van der Waals surface area contributed by atoms with Gasteiger partial charge >= 0.3 is 0 Å². The second-order valence-electron chi connectivity index (χ2n) is 4.09. The van der Waals surface area contributed by atoms with E-state index in [4.69, 9.17) is 11.6 Å². The first-order valence-corrected chi connectivity index (χ1v) is 7.13. The molecule has 0 aliphatic carbocycles. The first-order valence-electron chi connectivity index (χ1n) is 5.96. The first kappa shape index (κ1) is 14.1. The van der Waals surface area contributed by atoms with Gasteiger partial charge in [-0.15, -0.1) is 0 Å². The molecule has 19 heavy (non-hydrogen) atoms. The summed E-state index contributed by atoms with van der Waals surface area (Å²) in [5.74, 6) is -0.192. The highest BCUT2D eigenvalue weighted by Gasteiger charge is 2.11. The third-order valence-corrected chi connectivity index (χ3v) is 3.64. The number of nitrogens with one attached hydrogen (secondary N) is 1. The van der Waals surface area contributed by atoms with Crippen molar-refractivity contribution in [3.63, 3.8) is 0 Å². The van der Waals surface area contributed by atoms with Crippen LogP contribution in [0.15, 0.2) is 46.9 Å². The highest BCUT2D eigenvalue weighted by molar-refractivity contribution is 9.10. The molecular formula is C15H13BrClNO. The van der Waals surface area contributed by atoms with E-state index in [1.165, 1.54) is 0 Å². The molecule has 2 aromatic rings. The fourth-order valence-electron chi connectivity index (χ4n) is 1.81. The van der Waals surface area contributed by atoms with Crippen LogP contribution in [0.2, 0.25) is 5.02 Å². The lowest BCUT2D eigenvalue weighted by atomic mass is 10.1. The van der Waals surface area contributed by atoms with Crippen LogP contribution in [0.25, 0.3) is 0 Å². The summed E-state index contributed by atoms with van der Waals surface area (Å²) in [6, 6.07) is 12.8. The molecular weight excluding hydrogens is 326 g/mol. The topological polar surface area (TPSA) is 29.1 Å². The predicted octanol–water partition coefficient (Wildman–Crippen LogP) is 4.92. The Hall–Kier alpha value is -1.32. The van der Waals surface area contributed by atoms with Crippen molar-refractivity contribution in [1.29, 1.82) is 0 Å². The summed E-state index contributed by atoms with van der Waals surface area (Å²) in [6.07, 6.45) is 0.845. The summed E-state index contributed by atoms with van der Waals surface area (Å²) in [6.45, 7) is 2.05. The number of amides is 1. The summed E-state index contributed by atoms with van der Waals surface area (Å²) in [5.41, 5.74) is 2.37. The van der Waals surface area contributed by atoms with Crippen molar-refractivity contribution < 1.29 is 4.79 Å². The van der Waals surface area contributed by atoms with Crippen LogP contribution in [0.4, 0.5) is 5.69 Å². The maximum absolute atomic E-state index is 12.2. The van der Waals surface area contributed by atoms with E-state index in [0.29, 0.717) is 10.6 Å². The van der Waals surface area contributed by atoms with E-state index in [1.807, 2.05) is 25.1 Å². The minimum absolute atomic E-state index is 0.192. The van der Waals surface area contributed by atoms with E-state index < -0.39 is 0 Å². The number of hydrogen-bond acceptors (Lipinski definition) is 1. The zero-order valence-electron chi connectivity index (χ0n) is 10.4. The van der Waals surface area contributed by atoms with E-state index in [2.05, 4.69) is 21.2 Å². The van der Waals surface area contributed by atoms with Crippen LogP contribution in [-0.2, 0) is 6.42 Å². The standard InChI is InChI=1S/C15H13BrClNO/c1-2-10-9-11(16)7-8-14(10)18-15(19)12-5-3-4-6-13(12)17/h3-9H,2H2,1H3,(H,18,19). The van der Waals surface area contributed by atoms with Gasteiger partial charge in [-0.1, -0.05) is 46.6 Å². The molecule has 0 aliphatic rings. The fourth-order valence-corrected chi connectivity index (χ4v) is 2.44. The van der Waals surface area contributed by atoms with E-state index in [9.17, 15) is 4.79 Å². The van der Waals surface area contributed by atoms with Gasteiger partial charge in [0.2, 0.25) is 0 Å². The van der Waals surface area contributed by atoms with Crippen LogP contribution in [0.3, 0.4) is 0 Å². The lowest BCUT2D eigenvalue weighted by molar-refractivity contribution is 0.102. The molecule has 0 spiro atoms. The van der Waals surface area contributed by atoms with Gasteiger partial charge in [0.25, 0.3) is 5.91 Å². The number of aryl methyl sites for hydroxylation is 1. The Bertz CT molecular complexity index is 613. The smallest absolute Gasteiger partial charge is 0.257 e. The molecule has 0 fully saturated rings. The molecule has 0 atom stereocenters. The Labute approximate surface area is 125 Å². The van der Waals surface area contributed by atoms with E-state index in [0.717, 1.165) is 22.1 Å². The Kier molecular flexibility index (Phi) is 4.61. The molecule has 2 aromatic carbocycles. The summed E-state index contributed by atoms with van der Waals surface area (Å²) in [4.78, 5) is 12.2. The van der Waals surface area contributed by atoms with Crippen molar-refractivity contribution in [3.8, 4) is 0 Å². The molecule has 0 saturated heterocycles. The van der Waals surface area contributed by atoms with Crippen molar-refractivity contribution in [1.82, 2.24) is 0 Å². The van der Waals surface area contributed by atoms with Gasteiger partial charge in [0.05, 0.1) is 10.6 Å². The van der Waals surface area contributed by atoms with Gasteiger partial charge in [0, 0.05) is 10.2 Å². The Morgan fingerprint density at radius 1 is 1.26 bits per heavy atom. The molecule has 2 nitrogen and oxygen atoms in total. The minimum atomic E-state index is -0.192. The van der Waals surface area contributed by atoms with Crippen LogP contribution in [-0.4, -0.2) is 5.91 Å². The van der Waals surface area contributed by atoms with Gasteiger partial charge in [0.1, 0.15) is 0 Å². The summed E-state index contributed by atoms with van der Waals surface area (Å²) < 4.78 is 1.00. The molecule has 0 aliphatic heterocycles. The van der Waals surface area contributed by atoms with Crippen molar-refractivity contribution in [2.45, 2.75) is 13.3 Å². The number of hydrogen-bond donors (Lipinski definition) is 1. The van der Waals surface area contributed by atoms with Crippen molar-refractivity contribution in [2.24, 2.45) is 0 Å². The molecule has 0 unspecified atom stereocenters. The molecule has 0 aromatic heterocycles. The van der Waals surface area contributed by atoms with Gasteiger partial charge in [-0.3, -0.25) is 4.79 Å². The fraction of sp³-hybridized carbons (Fsp3) is 0.133. The van der Waals surface area contributed by atoms with E-state index >= 15 is 0 Å². The predicted molar refractivity (Wildman–Crippen MR) is 82.9 cm³/mol. The number of halogens is 2. The number of benzene rings is 2. The third kappa shape index (κ3) is 3.37. The largest absolute Gasteiger partial charge is 0.322 e. The molecule has 1 amide bonds. The second kappa shape index (κ2) is 6.22. The molecule has 1 N–H and O–H groups in total. The quantitative estimate of drug-likeness (QED) is 0.846. The second-order valence-corrected chi connectivity index (χ2v) is 5.41. The molecule has 4 heteroatoms. The van der Waals surface area contributed by atoms with Crippen molar-refractivity contribution >= 4 is 39.1 Å². The zero-order valence-corrected chi connectivity index (χ0v) is 12.8. The van der Waals surface area contributed by atoms with Crippen molar-refractivity contribution in [3.05, 3.63) is 63.1 Å². The Balaban J connectivity index is 2.27. The minimum Gasteiger partial charge on any atom is -0.322 e. The van der Waals surface area contributed by atoms with E-state index in [-0.39, 0.29) is 5.91 Å². The molecule has 0 saturated carbocycles. The van der Waals surface area contributed by atoms with Crippen LogP contribution >= 0.6 is 27.5 Å². The summed E-state index contributed by atoms with van der Waals surface area (Å²) >= 11 is 9.44. The van der Waals surface area contributed by atoms with Gasteiger partial charge in [-0.25, -0.2) is 0 Å². The molecule has 0 radical (unpaired) electrons. The average Bonchev–Trinajstić information content (AvgIpc) is 2.41. The van der Waals surface area contributed by atoms with Gasteiger partial charge in [-0.05, 0) is 42.3 Å². The van der Waals surface area contributed by atoms with Crippen LogP contribution in [0.1, 0.15) is 22.8 Å². The highest BCUT2D eigenvalue weighted by atomic mass is 79.9. The SMILES string of the molecule is CCc1cc(Br)ccc1NC(=O)c1ccccc1Cl. The van der Waals surface area contributed by atoms with Gasteiger partial charge in [-0.2, -0.15) is 0 Å². The average molecular weight is 339 g/mol. The van der Waals surface area contributed by atoms with Crippen LogP contribution < -0.4 is 5.32 Å². The van der Waals surface area contributed by atoms with Crippen LogP contribution in [0, 0.1) is 0 Å². The maximum Gasteiger partial charge on any atom is 0.257 e. The molecule has 0 heterocycles. The van der Waals surface area contributed by atoms with Crippen LogP contribution in [0.5, 0.6) is 0 Å². The number of carbonyl (C=O) groups is 1. The van der Waals surface area contributed by atoms with Gasteiger partial charge < -0.3 is 5.32 Å². The summed E-state index contributed by atoms with van der Waals surface area (Å²) in [5, 5.41) is 3.36.